The molecule has 0 bridgehead atoms. The summed E-state index contributed by atoms with van der Waals surface area (Å²) < 4.78 is 6.15. The summed E-state index contributed by atoms with van der Waals surface area (Å²) in [6.07, 6.45) is 5.54. The first-order chi connectivity index (χ1) is 12.3. The third-order valence-corrected chi connectivity index (χ3v) is 5.24. The predicted octanol–water partition coefficient (Wildman–Crippen LogP) is 4.84. The Morgan fingerprint density at radius 2 is 1.96 bits per heavy atom. The van der Waals surface area contributed by atoms with Crippen molar-refractivity contribution in [2.24, 2.45) is 4.99 Å². The van der Waals surface area contributed by atoms with Gasteiger partial charge >= 0.3 is 0 Å². The maximum atomic E-state index is 6.15. The molecule has 3 nitrogen and oxygen atoms in total. The number of hydrogen-bond acceptors (Lipinski definition) is 2. The Hall–Kier alpha value is -2.13. The summed E-state index contributed by atoms with van der Waals surface area (Å²) in [6, 6.07) is 15.3. The van der Waals surface area contributed by atoms with Gasteiger partial charge in [-0.1, -0.05) is 36.4 Å². The van der Waals surface area contributed by atoms with Crippen LogP contribution in [0.5, 0.6) is 0 Å². The topological polar surface area (TPSA) is 24.8 Å². The van der Waals surface area contributed by atoms with Crippen LogP contribution in [0.25, 0.3) is 0 Å². The molecule has 1 atom stereocenters. The van der Waals surface area contributed by atoms with Crippen LogP contribution in [-0.2, 0) is 11.2 Å². The minimum Gasteiger partial charge on any atom is -0.368 e. The van der Waals surface area contributed by atoms with Crippen molar-refractivity contribution in [1.82, 2.24) is 4.90 Å². The molecule has 0 N–H and O–H groups in total. The summed E-state index contributed by atoms with van der Waals surface area (Å²) in [7, 11) is 2.07. The fraction of sp³-hybridized carbons (Fsp3) is 0.409. The first kappa shape index (κ1) is 16.3. The Kier molecular flexibility index (Phi) is 4.58. The molecule has 0 aromatic heterocycles. The molecule has 3 heteroatoms. The molecule has 0 spiro atoms. The van der Waals surface area contributed by atoms with Gasteiger partial charge in [-0.05, 0) is 60.4 Å². The third kappa shape index (κ3) is 3.47. The van der Waals surface area contributed by atoms with E-state index in [1.807, 2.05) is 6.34 Å². The van der Waals surface area contributed by atoms with E-state index in [2.05, 4.69) is 61.3 Å². The number of benzene rings is 2. The Labute approximate surface area is 150 Å². The van der Waals surface area contributed by atoms with Gasteiger partial charge < -0.3 is 9.64 Å². The largest absolute Gasteiger partial charge is 0.368 e. The van der Waals surface area contributed by atoms with Gasteiger partial charge in [0.15, 0.2) is 0 Å². The molecule has 1 aliphatic carbocycles. The second kappa shape index (κ2) is 7.01. The van der Waals surface area contributed by atoms with Crippen LogP contribution < -0.4 is 0 Å². The molecular weight excluding hydrogens is 308 g/mol. The molecule has 2 aromatic carbocycles. The minimum atomic E-state index is 0.0544. The molecule has 4 rings (SSSR count). The zero-order chi connectivity index (χ0) is 17.2. The number of aliphatic imine (C=N–C) groups is 1. The lowest BCUT2D eigenvalue weighted by Gasteiger charge is -2.28. The molecule has 2 aliphatic rings. The van der Waals surface area contributed by atoms with Gasteiger partial charge in [0, 0.05) is 13.6 Å². The Morgan fingerprint density at radius 3 is 2.68 bits per heavy atom. The number of fused-ring (bicyclic) bond motifs is 1. The number of ether oxygens (including phenoxy) is 1. The molecule has 0 amide bonds. The fourth-order valence-corrected chi connectivity index (χ4v) is 3.48. The summed E-state index contributed by atoms with van der Waals surface area (Å²) in [4.78, 5) is 6.92. The average molecular weight is 334 g/mol. The Balaban J connectivity index is 1.74. The normalized spacial score (nSPS) is 19.8. The number of rotatable bonds is 5. The van der Waals surface area contributed by atoms with Crippen LogP contribution in [0.15, 0.2) is 47.5 Å². The van der Waals surface area contributed by atoms with Crippen LogP contribution in [0.2, 0.25) is 0 Å². The van der Waals surface area contributed by atoms with Gasteiger partial charge in [-0.2, -0.15) is 0 Å². The van der Waals surface area contributed by atoms with E-state index in [1.165, 1.54) is 35.1 Å². The second-order valence-electron chi connectivity index (χ2n) is 7.11. The summed E-state index contributed by atoms with van der Waals surface area (Å²) >= 11 is 0. The van der Waals surface area contributed by atoms with Crippen molar-refractivity contribution >= 4 is 12.0 Å². The van der Waals surface area contributed by atoms with Gasteiger partial charge in [-0.15, -0.1) is 0 Å². The van der Waals surface area contributed by atoms with Crippen LogP contribution in [0.4, 0.5) is 5.69 Å². The molecule has 1 saturated carbocycles. The summed E-state index contributed by atoms with van der Waals surface area (Å²) in [5.41, 5.74) is 6.51. The molecular formula is C22H26N2O. The lowest BCUT2D eigenvalue weighted by atomic mass is 9.89. The van der Waals surface area contributed by atoms with E-state index in [1.54, 1.807) is 0 Å². The standard InChI is InChI=1S/C22H26N2O/c1-3-24(2)15-23-21-13-18-11-12-25-22(17-7-5-4-6-8-17)20(18)14-19(21)16-9-10-16/h4-8,13-16,22H,3,9-12H2,1-2H3. The van der Waals surface area contributed by atoms with Crippen molar-refractivity contribution in [2.75, 3.05) is 20.2 Å². The monoisotopic (exact) mass is 334 g/mol. The predicted molar refractivity (Wildman–Crippen MR) is 103 cm³/mol. The van der Waals surface area contributed by atoms with E-state index < -0.39 is 0 Å². The second-order valence-corrected chi connectivity index (χ2v) is 7.11. The van der Waals surface area contributed by atoms with E-state index in [-0.39, 0.29) is 6.10 Å². The van der Waals surface area contributed by atoms with Gasteiger partial charge in [-0.3, -0.25) is 0 Å². The van der Waals surface area contributed by atoms with Crippen molar-refractivity contribution in [1.29, 1.82) is 0 Å². The molecule has 1 aliphatic heterocycles. The fourth-order valence-electron chi connectivity index (χ4n) is 3.48. The number of hydrogen-bond donors (Lipinski definition) is 0. The highest BCUT2D eigenvalue weighted by atomic mass is 16.5. The van der Waals surface area contributed by atoms with E-state index in [0.717, 1.165) is 25.3 Å². The van der Waals surface area contributed by atoms with E-state index >= 15 is 0 Å². The smallest absolute Gasteiger partial charge is 0.108 e. The highest BCUT2D eigenvalue weighted by Gasteiger charge is 2.30. The van der Waals surface area contributed by atoms with Crippen LogP contribution in [0.1, 0.15) is 54.0 Å². The van der Waals surface area contributed by atoms with Crippen molar-refractivity contribution in [3.05, 3.63) is 64.7 Å². The van der Waals surface area contributed by atoms with Crippen molar-refractivity contribution in [3.8, 4) is 0 Å². The molecule has 130 valence electrons. The van der Waals surface area contributed by atoms with E-state index in [9.17, 15) is 0 Å². The highest BCUT2D eigenvalue weighted by molar-refractivity contribution is 5.65. The maximum Gasteiger partial charge on any atom is 0.108 e. The minimum absolute atomic E-state index is 0.0544. The SMILES string of the molecule is CCN(C)C=Nc1cc2c(cc1C1CC1)C(c1ccccc1)OCC2. The molecule has 0 radical (unpaired) electrons. The first-order valence-corrected chi connectivity index (χ1v) is 9.34. The summed E-state index contributed by atoms with van der Waals surface area (Å²) in [5, 5.41) is 0. The Morgan fingerprint density at radius 1 is 1.16 bits per heavy atom. The van der Waals surface area contributed by atoms with Gasteiger partial charge in [0.25, 0.3) is 0 Å². The zero-order valence-electron chi connectivity index (χ0n) is 15.1. The van der Waals surface area contributed by atoms with Gasteiger partial charge in [0.05, 0.1) is 18.6 Å². The van der Waals surface area contributed by atoms with Gasteiger partial charge in [0.1, 0.15) is 6.10 Å². The summed E-state index contributed by atoms with van der Waals surface area (Å²) in [5.74, 6) is 0.669. The summed E-state index contributed by atoms with van der Waals surface area (Å²) in [6.45, 7) is 3.88. The quantitative estimate of drug-likeness (QED) is 0.577. The average Bonchev–Trinajstić information content (AvgIpc) is 3.50. The molecule has 1 heterocycles. The molecule has 1 unspecified atom stereocenters. The van der Waals surface area contributed by atoms with Crippen LogP contribution in [0, 0.1) is 0 Å². The first-order valence-electron chi connectivity index (χ1n) is 9.34. The lowest BCUT2D eigenvalue weighted by Crippen LogP contribution is -2.18. The van der Waals surface area contributed by atoms with E-state index in [0.29, 0.717) is 5.92 Å². The van der Waals surface area contributed by atoms with Crippen LogP contribution >= 0.6 is 0 Å². The molecule has 2 aromatic rings. The van der Waals surface area contributed by atoms with Crippen molar-refractivity contribution < 1.29 is 4.74 Å². The maximum absolute atomic E-state index is 6.15. The van der Waals surface area contributed by atoms with E-state index in [4.69, 9.17) is 9.73 Å². The molecule has 25 heavy (non-hydrogen) atoms. The number of nitrogens with zero attached hydrogens (tertiary/aromatic N) is 2. The lowest BCUT2D eigenvalue weighted by molar-refractivity contribution is 0.0698. The highest BCUT2D eigenvalue weighted by Crippen LogP contribution is 2.47. The van der Waals surface area contributed by atoms with Crippen LogP contribution in [0.3, 0.4) is 0 Å². The van der Waals surface area contributed by atoms with Crippen LogP contribution in [-0.4, -0.2) is 31.4 Å². The van der Waals surface area contributed by atoms with Crippen molar-refractivity contribution in [2.45, 2.75) is 38.2 Å². The third-order valence-electron chi connectivity index (χ3n) is 5.24. The van der Waals surface area contributed by atoms with Gasteiger partial charge in [0.2, 0.25) is 0 Å². The molecule has 0 saturated heterocycles. The Bertz CT molecular complexity index is 765. The van der Waals surface area contributed by atoms with Gasteiger partial charge in [-0.25, -0.2) is 4.99 Å². The molecule has 1 fully saturated rings. The van der Waals surface area contributed by atoms with Crippen molar-refractivity contribution in [3.63, 3.8) is 0 Å². The zero-order valence-corrected chi connectivity index (χ0v) is 15.1.